The van der Waals surface area contributed by atoms with Crippen LogP contribution in [0, 0.1) is 0 Å². The maximum absolute atomic E-state index is 12.4. The van der Waals surface area contributed by atoms with Gasteiger partial charge in [0, 0.05) is 13.0 Å². The van der Waals surface area contributed by atoms with Crippen molar-refractivity contribution in [3.05, 3.63) is 35.9 Å². The molecule has 0 aromatic heterocycles. The summed E-state index contributed by atoms with van der Waals surface area (Å²) in [5.74, 6) is 0.0210. The predicted molar refractivity (Wildman–Crippen MR) is 140 cm³/mol. The van der Waals surface area contributed by atoms with Crippen LogP contribution in [0.4, 0.5) is 0 Å². The van der Waals surface area contributed by atoms with Crippen LogP contribution in [0.25, 0.3) is 0 Å². The summed E-state index contributed by atoms with van der Waals surface area (Å²) in [6.45, 7) is 6.01. The molecule has 0 aliphatic heterocycles. The minimum atomic E-state index is 0.0210. The first-order chi connectivity index (χ1) is 16.3. The zero-order valence-electron chi connectivity index (χ0n) is 21.8. The molecule has 0 amide bonds. The number of benzene rings is 1. The van der Waals surface area contributed by atoms with E-state index in [-0.39, 0.29) is 12.1 Å². The maximum Gasteiger partial charge on any atom is 0.306 e. The SMILES string of the molecule is CCCCCCCCC(CCCCCC)OC(=O)CCCCCCCOCc1ccccc1. The van der Waals surface area contributed by atoms with Gasteiger partial charge in [0.15, 0.2) is 0 Å². The van der Waals surface area contributed by atoms with E-state index >= 15 is 0 Å². The fourth-order valence-electron chi connectivity index (χ4n) is 4.23. The lowest BCUT2D eigenvalue weighted by Crippen LogP contribution is -2.18. The van der Waals surface area contributed by atoms with Gasteiger partial charge in [-0.05, 0) is 44.1 Å². The van der Waals surface area contributed by atoms with Crippen molar-refractivity contribution in [1.29, 1.82) is 0 Å². The molecule has 1 rings (SSSR count). The van der Waals surface area contributed by atoms with Crippen LogP contribution < -0.4 is 0 Å². The second-order valence-electron chi connectivity index (χ2n) is 9.57. The lowest BCUT2D eigenvalue weighted by atomic mass is 10.0. The van der Waals surface area contributed by atoms with Gasteiger partial charge in [0.05, 0.1) is 6.61 Å². The lowest BCUT2D eigenvalue weighted by Gasteiger charge is -2.18. The Kier molecular flexibility index (Phi) is 20.2. The molecule has 0 bridgehead atoms. The molecule has 1 atom stereocenters. The summed E-state index contributed by atoms with van der Waals surface area (Å²) in [6, 6.07) is 10.3. The zero-order valence-corrected chi connectivity index (χ0v) is 21.8. The van der Waals surface area contributed by atoms with Gasteiger partial charge in [0.1, 0.15) is 6.10 Å². The molecule has 1 aromatic carbocycles. The van der Waals surface area contributed by atoms with Gasteiger partial charge in [-0.15, -0.1) is 0 Å². The minimum Gasteiger partial charge on any atom is -0.462 e. The van der Waals surface area contributed by atoms with Crippen molar-refractivity contribution in [1.82, 2.24) is 0 Å². The lowest BCUT2D eigenvalue weighted by molar-refractivity contribution is -0.150. The highest BCUT2D eigenvalue weighted by Gasteiger charge is 2.14. The zero-order chi connectivity index (χ0) is 23.8. The molecule has 0 heterocycles. The number of hydrogen-bond acceptors (Lipinski definition) is 3. The molecule has 1 unspecified atom stereocenters. The van der Waals surface area contributed by atoms with E-state index in [0.717, 1.165) is 38.7 Å². The molecular weight excluding hydrogens is 408 g/mol. The minimum absolute atomic E-state index is 0.0210. The molecular formula is C30H52O3. The number of carbonyl (C=O) groups excluding carboxylic acids is 1. The van der Waals surface area contributed by atoms with Crippen LogP contribution in [0.3, 0.4) is 0 Å². The van der Waals surface area contributed by atoms with E-state index < -0.39 is 0 Å². The van der Waals surface area contributed by atoms with Crippen molar-refractivity contribution < 1.29 is 14.3 Å². The molecule has 0 aliphatic rings. The maximum atomic E-state index is 12.4. The molecule has 0 spiro atoms. The Hall–Kier alpha value is -1.35. The smallest absolute Gasteiger partial charge is 0.306 e. The molecule has 33 heavy (non-hydrogen) atoms. The summed E-state index contributed by atoms with van der Waals surface area (Å²) in [5.41, 5.74) is 1.23. The predicted octanol–water partition coefficient (Wildman–Crippen LogP) is 9.18. The van der Waals surface area contributed by atoms with Crippen LogP contribution in [-0.4, -0.2) is 18.7 Å². The molecule has 0 saturated carbocycles. The van der Waals surface area contributed by atoms with Gasteiger partial charge in [0.25, 0.3) is 0 Å². The van der Waals surface area contributed by atoms with E-state index in [4.69, 9.17) is 9.47 Å². The average molecular weight is 461 g/mol. The molecule has 3 heteroatoms. The van der Waals surface area contributed by atoms with Gasteiger partial charge < -0.3 is 9.47 Å². The standard InChI is InChI=1S/C30H52O3/c1-3-5-7-9-11-18-24-29(23-17-8-6-4-2)33-30(31)25-19-12-10-13-20-26-32-27-28-21-15-14-16-22-28/h14-16,21-22,29H,3-13,17-20,23-27H2,1-2H3. The Labute approximate surface area is 205 Å². The molecule has 3 nitrogen and oxygen atoms in total. The van der Waals surface area contributed by atoms with Crippen molar-refractivity contribution in [2.75, 3.05) is 6.61 Å². The summed E-state index contributed by atoms with van der Waals surface area (Å²) >= 11 is 0. The van der Waals surface area contributed by atoms with Gasteiger partial charge in [-0.1, -0.05) is 115 Å². The number of hydrogen-bond donors (Lipinski definition) is 0. The molecule has 0 aliphatic carbocycles. The highest BCUT2D eigenvalue weighted by atomic mass is 16.5. The Morgan fingerprint density at radius 2 is 1.24 bits per heavy atom. The Morgan fingerprint density at radius 1 is 0.697 bits per heavy atom. The van der Waals surface area contributed by atoms with Gasteiger partial charge in [-0.2, -0.15) is 0 Å². The van der Waals surface area contributed by atoms with Crippen molar-refractivity contribution in [3.8, 4) is 0 Å². The molecule has 1 aromatic rings. The summed E-state index contributed by atoms with van der Waals surface area (Å²) < 4.78 is 11.6. The third-order valence-electron chi connectivity index (χ3n) is 6.34. The normalized spacial score (nSPS) is 12.1. The van der Waals surface area contributed by atoms with Crippen molar-refractivity contribution in [2.45, 2.75) is 142 Å². The van der Waals surface area contributed by atoms with Crippen molar-refractivity contribution in [2.24, 2.45) is 0 Å². The number of rotatable bonds is 23. The van der Waals surface area contributed by atoms with Gasteiger partial charge in [-0.3, -0.25) is 4.79 Å². The number of ether oxygens (including phenoxy) is 2. The first-order valence-electron chi connectivity index (χ1n) is 14.1. The summed E-state index contributed by atoms with van der Waals surface area (Å²) in [5, 5.41) is 0. The first kappa shape index (κ1) is 29.7. The topological polar surface area (TPSA) is 35.5 Å². The van der Waals surface area contributed by atoms with Gasteiger partial charge >= 0.3 is 5.97 Å². The Balaban J connectivity index is 2.07. The second kappa shape index (κ2) is 22.4. The van der Waals surface area contributed by atoms with Crippen LogP contribution in [0.5, 0.6) is 0 Å². The van der Waals surface area contributed by atoms with E-state index in [2.05, 4.69) is 26.0 Å². The first-order valence-corrected chi connectivity index (χ1v) is 14.1. The molecule has 0 N–H and O–H groups in total. The van der Waals surface area contributed by atoms with E-state index in [9.17, 15) is 4.79 Å². The van der Waals surface area contributed by atoms with Crippen LogP contribution in [0.2, 0.25) is 0 Å². The Morgan fingerprint density at radius 3 is 1.91 bits per heavy atom. The third-order valence-corrected chi connectivity index (χ3v) is 6.34. The van der Waals surface area contributed by atoms with Crippen molar-refractivity contribution in [3.63, 3.8) is 0 Å². The van der Waals surface area contributed by atoms with E-state index in [1.165, 1.54) is 82.6 Å². The summed E-state index contributed by atoms with van der Waals surface area (Å²) in [6.07, 6.45) is 21.0. The van der Waals surface area contributed by atoms with Gasteiger partial charge in [-0.25, -0.2) is 0 Å². The fourth-order valence-corrected chi connectivity index (χ4v) is 4.23. The monoisotopic (exact) mass is 460 g/mol. The molecule has 0 saturated heterocycles. The summed E-state index contributed by atoms with van der Waals surface area (Å²) in [7, 11) is 0. The van der Waals surface area contributed by atoms with E-state index in [1.54, 1.807) is 0 Å². The fraction of sp³-hybridized carbons (Fsp3) is 0.767. The van der Waals surface area contributed by atoms with Crippen LogP contribution >= 0.6 is 0 Å². The Bertz CT molecular complexity index is 543. The largest absolute Gasteiger partial charge is 0.462 e. The molecule has 0 fully saturated rings. The van der Waals surface area contributed by atoms with Crippen LogP contribution in [-0.2, 0) is 20.9 Å². The molecule has 190 valence electrons. The highest BCUT2D eigenvalue weighted by molar-refractivity contribution is 5.69. The third kappa shape index (κ3) is 18.7. The average Bonchev–Trinajstić information content (AvgIpc) is 2.83. The van der Waals surface area contributed by atoms with Crippen LogP contribution in [0.15, 0.2) is 30.3 Å². The number of unbranched alkanes of at least 4 members (excludes halogenated alkanes) is 12. The number of carbonyl (C=O) groups is 1. The highest BCUT2D eigenvalue weighted by Crippen LogP contribution is 2.17. The quantitative estimate of drug-likeness (QED) is 0.121. The number of esters is 1. The van der Waals surface area contributed by atoms with E-state index in [1.807, 2.05) is 18.2 Å². The van der Waals surface area contributed by atoms with Gasteiger partial charge in [0.2, 0.25) is 0 Å². The van der Waals surface area contributed by atoms with E-state index in [0.29, 0.717) is 13.0 Å². The van der Waals surface area contributed by atoms with Crippen molar-refractivity contribution >= 4 is 5.97 Å². The van der Waals surface area contributed by atoms with Crippen LogP contribution in [0.1, 0.15) is 135 Å². The molecule has 0 radical (unpaired) electrons. The second-order valence-corrected chi connectivity index (χ2v) is 9.57. The summed E-state index contributed by atoms with van der Waals surface area (Å²) in [4.78, 5) is 12.4.